The van der Waals surface area contributed by atoms with Crippen molar-refractivity contribution in [1.82, 2.24) is 0 Å². The molecule has 80 valence electrons. The number of amides is 1. The smallest absolute Gasteiger partial charge is 0.293 e. The summed E-state index contributed by atoms with van der Waals surface area (Å²) in [6.07, 6.45) is 0. The van der Waals surface area contributed by atoms with Gasteiger partial charge in [0.2, 0.25) is 0 Å². The van der Waals surface area contributed by atoms with E-state index < -0.39 is 5.91 Å². The van der Waals surface area contributed by atoms with Crippen molar-refractivity contribution < 1.29 is 14.6 Å². The lowest BCUT2D eigenvalue weighted by molar-refractivity contribution is -0.112. The van der Waals surface area contributed by atoms with E-state index in [1.54, 1.807) is 0 Å². The number of primary amides is 1. The van der Waals surface area contributed by atoms with Gasteiger partial charge >= 0.3 is 0 Å². The minimum absolute atomic E-state index is 0.118. The second-order valence-corrected chi connectivity index (χ2v) is 2.80. The van der Waals surface area contributed by atoms with E-state index in [1.165, 1.54) is 19.2 Å². The van der Waals surface area contributed by atoms with Crippen LogP contribution in [0.1, 0.15) is 11.1 Å². The Balaban J connectivity index is 3.35. The van der Waals surface area contributed by atoms with E-state index in [2.05, 4.69) is 11.8 Å². The van der Waals surface area contributed by atoms with Gasteiger partial charge < -0.3 is 15.6 Å². The number of nitriles is 1. The van der Waals surface area contributed by atoms with Gasteiger partial charge in [0.15, 0.2) is 11.5 Å². The van der Waals surface area contributed by atoms with Gasteiger partial charge in [-0.25, -0.2) is 0 Å². The number of phenols is 1. The van der Waals surface area contributed by atoms with E-state index in [0.717, 1.165) is 0 Å². The Bertz CT molecular complexity index is 533. The average molecular weight is 216 g/mol. The van der Waals surface area contributed by atoms with Crippen molar-refractivity contribution in [1.29, 1.82) is 5.26 Å². The van der Waals surface area contributed by atoms with Crippen molar-refractivity contribution in [2.75, 3.05) is 7.11 Å². The van der Waals surface area contributed by atoms with Gasteiger partial charge in [0, 0.05) is 12.0 Å². The van der Waals surface area contributed by atoms with Gasteiger partial charge in [-0.1, -0.05) is 5.92 Å². The van der Waals surface area contributed by atoms with Crippen LogP contribution in [-0.4, -0.2) is 18.1 Å². The quantitative estimate of drug-likeness (QED) is 0.651. The van der Waals surface area contributed by atoms with Crippen molar-refractivity contribution in [3.05, 3.63) is 23.3 Å². The molecule has 1 aromatic carbocycles. The summed E-state index contributed by atoms with van der Waals surface area (Å²) in [5, 5.41) is 18.4. The lowest BCUT2D eigenvalue weighted by Gasteiger charge is -2.05. The maximum absolute atomic E-state index is 10.5. The molecule has 0 aliphatic carbocycles. The first kappa shape index (κ1) is 11.4. The highest BCUT2D eigenvalue weighted by molar-refractivity contribution is 5.92. The topological polar surface area (TPSA) is 96.3 Å². The number of methoxy groups -OCH3 is 1. The number of nitrogens with two attached hydrogens (primary N) is 1. The summed E-state index contributed by atoms with van der Waals surface area (Å²) in [5.74, 6) is 3.50. The lowest BCUT2D eigenvalue weighted by Crippen LogP contribution is -2.06. The summed E-state index contributed by atoms with van der Waals surface area (Å²) in [4.78, 5) is 10.5. The molecule has 0 unspecified atom stereocenters. The molecule has 3 N–H and O–H groups in total. The monoisotopic (exact) mass is 216 g/mol. The minimum atomic E-state index is -0.819. The summed E-state index contributed by atoms with van der Waals surface area (Å²) >= 11 is 0. The first-order valence-electron chi connectivity index (χ1n) is 4.21. The fourth-order valence-corrected chi connectivity index (χ4v) is 1.05. The summed E-state index contributed by atoms with van der Waals surface area (Å²) in [7, 11) is 1.35. The van der Waals surface area contributed by atoms with E-state index in [1.807, 2.05) is 6.07 Å². The second kappa shape index (κ2) is 4.72. The first-order chi connectivity index (χ1) is 7.58. The Morgan fingerprint density at radius 1 is 1.56 bits per heavy atom. The van der Waals surface area contributed by atoms with Crippen LogP contribution < -0.4 is 10.5 Å². The van der Waals surface area contributed by atoms with Gasteiger partial charge in [-0.05, 0) is 6.07 Å². The van der Waals surface area contributed by atoms with Gasteiger partial charge in [-0.2, -0.15) is 5.26 Å². The molecule has 0 atom stereocenters. The number of hydrogen-bond donors (Lipinski definition) is 2. The summed E-state index contributed by atoms with van der Waals surface area (Å²) in [6, 6.07) is 4.59. The molecule has 0 spiro atoms. The van der Waals surface area contributed by atoms with Crippen LogP contribution in [0.15, 0.2) is 12.1 Å². The number of ether oxygens (including phenoxy) is 1. The van der Waals surface area contributed by atoms with E-state index in [0.29, 0.717) is 0 Å². The number of aromatic hydroxyl groups is 1. The predicted octanol–water partition coefficient (Wildman–Crippen LogP) is 0.109. The fourth-order valence-electron chi connectivity index (χ4n) is 1.05. The number of carbonyl (C=O) groups excluding carboxylic acids is 1. The Hall–Kier alpha value is -2.66. The number of rotatable bonds is 1. The molecule has 0 radical (unpaired) electrons. The summed E-state index contributed by atoms with van der Waals surface area (Å²) < 4.78 is 4.85. The van der Waals surface area contributed by atoms with Crippen LogP contribution in [0.5, 0.6) is 11.5 Å². The molecular formula is C11H8N2O3. The number of nitrogens with zero attached hydrogens (tertiary/aromatic N) is 1. The molecule has 5 heteroatoms. The van der Waals surface area contributed by atoms with Crippen molar-refractivity contribution >= 4 is 5.91 Å². The molecule has 0 bridgehead atoms. The van der Waals surface area contributed by atoms with Crippen LogP contribution >= 0.6 is 0 Å². The molecule has 1 rings (SSSR count). The average Bonchev–Trinajstić information content (AvgIpc) is 2.27. The molecule has 0 aliphatic rings. The van der Waals surface area contributed by atoms with Crippen LogP contribution in [-0.2, 0) is 4.79 Å². The lowest BCUT2D eigenvalue weighted by atomic mass is 10.1. The highest BCUT2D eigenvalue weighted by Gasteiger charge is 2.08. The molecule has 0 saturated heterocycles. The van der Waals surface area contributed by atoms with Gasteiger partial charge in [0.1, 0.15) is 0 Å². The molecule has 0 aliphatic heterocycles. The van der Waals surface area contributed by atoms with Crippen molar-refractivity contribution in [3.8, 4) is 29.4 Å². The van der Waals surface area contributed by atoms with E-state index in [4.69, 9.17) is 15.7 Å². The molecule has 5 nitrogen and oxygen atoms in total. The van der Waals surface area contributed by atoms with Gasteiger partial charge in [0.25, 0.3) is 5.91 Å². The molecule has 0 aromatic heterocycles. The zero-order chi connectivity index (χ0) is 12.1. The zero-order valence-electron chi connectivity index (χ0n) is 8.44. The van der Waals surface area contributed by atoms with E-state index in [9.17, 15) is 9.90 Å². The summed E-state index contributed by atoms with van der Waals surface area (Å²) in [6.45, 7) is 0. The van der Waals surface area contributed by atoms with Crippen LogP contribution in [0.2, 0.25) is 0 Å². The first-order valence-corrected chi connectivity index (χ1v) is 4.21. The Morgan fingerprint density at radius 3 is 2.75 bits per heavy atom. The van der Waals surface area contributed by atoms with Crippen LogP contribution in [0.4, 0.5) is 0 Å². The Labute approximate surface area is 92.1 Å². The maximum atomic E-state index is 10.5. The minimum Gasteiger partial charge on any atom is -0.503 e. The molecule has 0 fully saturated rings. The van der Waals surface area contributed by atoms with Crippen LogP contribution in [0.3, 0.4) is 0 Å². The van der Waals surface area contributed by atoms with Crippen molar-refractivity contribution in [2.24, 2.45) is 5.73 Å². The van der Waals surface area contributed by atoms with Crippen molar-refractivity contribution in [2.45, 2.75) is 0 Å². The molecule has 1 aromatic rings. The Kier molecular flexibility index (Phi) is 3.37. The molecule has 0 heterocycles. The normalized spacial score (nSPS) is 8.50. The van der Waals surface area contributed by atoms with Crippen molar-refractivity contribution in [3.63, 3.8) is 0 Å². The second-order valence-electron chi connectivity index (χ2n) is 2.80. The summed E-state index contributed by atoms with van der Waals surface area (Å²) in [5.41, 5.74) is 5.23. The van der Waals surface area contributed by atoms with Gasteiger partial charge in [0.05, 0.1) is 24.3 Å². The van der Waals surface area contributed by atoms with Crippen LogP contribution in [0, 0.1) is 23.2 Å². The third kappa shape index (κ3) is 2.43. The number of carbonyl (C=O) groups is 1. The van der Waals surface area contributed by atoms with Gasteiger partial charge in [-0.15, -0.1) is 0 Å². The number of phenolic OH excluding ortho intramolecular Hbond substituents is 1. The number of hydrogen-bond acceptors (Lipinski definition) is 4. The molecule has 1 amide bonds. The van der Waals surface area contributed by atoms with E-state index >= 15 is 0 Å². The van der Waals surface area contributed by atoms with Crippen LogP contribution in [0.25, 0.3) is 0 Å². The largest absolute Gasteiger partial charge is 0.503 e. The third-order valence-corrected chi connectivity index (χ3v) is 1.74. The SMILES string of the molecule is COc1cc(C#N)cc(C#CC(N)=O)c1O. The number of benzene rings is 1. The zero-order valence-corrected chi connectivity index (χ0v) is 8.44. The highest BCUT2D eigenvalue weighted by Crippen LogP contribution is 2.30. The third-order valence-electron chi connectivity index (χ3n) is 1.74. The molecule has 16 heavy (non-hydrogen) atoms. The standard InChI is InChI=1S/C11H8N2O3/c1-16-9-5-7(6-12)4-8(11(9)15)2-3-10(13)14/h4-5,15H,1H3,(H2,13,14). The Morgan fingerprint density at radius 2 is 2.25 bits per heavy atom. The van der Waals surface area contributed by atoms with Gasteiger partial charge in [-0.3, -0.25) is 4.79 Å². The molecular weight excluding hydrogens is 208 g/mol. The predicted molar refractivity (Wildman–Crippen MR) is 55.4 cm³/mol. The molecule has 0 saturated carbocycles. The fraction of sp³-hybridized carbons (Fsp3) is 0.0909. The maximum Gasteiger partial charge on any atom is 0.293 e. The van der Waals surface area contributed by atoms with E-state index in [-0.39, 0.29) is 22.6 Å². The highest BCUT2D eigenvalue weighted by atomic mass is 16.5.